The Bertz CT molecular complexity index is 760. The molecule has 0 atom stereocenters. The number of halogens is 1. The van der Waals surface area contributed by atoms with Crippen molar-refractivity contribution < 1.29 is 0 Å². The molecule has 5 heteroatoms. The zero-order chi connectivity index (χ0) is 15.5. The van der Waals surface area contributed by atoms with Crippen molar-refractivity contribution in [2.45, 2.75) is 20.0 Å². The molecule has 2 N–H and O–H groups in total. The normalized spacial score (nSPS) is 10.9. The summed E-state index contributed by atoms with van der Waals surface area (Å²) < 4.78 is 1.89. The van der Waals surface area contributed by atoms with Crippen LogP contribution in [-0.2, 0) is 13.1 Å². The first-order valence-corrected chi connectivity index (χ1v) is 7.49. The van der Waals surface area contributed by atoms with E-state index in [4.69, 9.17) is 17.3 Å². The first-order valence-electron chi connectivity index (χ1n) is 7.11. The average molecular weight is 313 g/mol. The molecular formula is C17H17ClN4. The number of aromatic nitrogens is 3. The van der Waals surface area contributed by atoms with Crippen LogP contribution in [0.25, 0.3) is 11.3 Å². The van der Waals surface area contributed by atoms with Gasteiger partial charge < -0.3 is 5.73 Å². The van der Waals surface area contributed by atoms with Crippen molar-refractivity contribution in [3.8, 4) is 11.3 Å². The predicted molar refractivity (Wildman–Crippen MR) is 88.6 cm³/mol. The Morgan fingerprint density at radius 3 is 2.36 bits per heavy atom. The molecule has 1 aromatic heterocycles. The van der Waals surface area contributed by atoms with Crippen molar-refractivity contribution in [3.63, 3.8) is 0 Å². The summed E-state index contributed by atoms with van der Waals surface area (Å²) in [6, 6.07) is 16.0. The molecule has 3 aromatic rings. The van der Waals surface area contributed by atoms with Crippen LogP contribution in [0.3, 0.4) is 0 Å². The third-order valence-electron chi connectivity index (χ3n) is 3.57. The van der Waals surface area contributed by atoms with Gasteiger partial charge in [0.05, 0.1) is 12.2 Å². The minimum atomic E-state index is 0.365. The standard InChI is InChI=1S/C17H17ClN4/c1-12-2-6-14(7-3-12)17-16(10-19)20-21-22(17)11-13-4-8-15(18)9-5-13/h2-9H,10-11,19H2,1H3. The van der Waals surface area contributed by atoms with Crippen LogP contribution < -0.4 is 5.73 Å². The SMILES string of the molecule is Cc1ccc(-c2c(CN)nnn2Cc2ccc(Cl)cc2)cc1. The van der Waals surface area contributed by atoms with E-state index >= 15 is 0 Å². The highest BCUT2D eigenvalue weighted by Crippen LogP contribution is 2.23. The summed E-state index contributed by atoms with van der Waals surface area (Å²) in [6.45, 7) is 3.06. The summed E-state index contributed by atoms with van der Waals surface area (Å²) in [4.78, 5) is 0. The molecule has 0 bridgehead atoms. The maximum absolute atomic E-state index is 5.93. The fraction of sp³-hybridized carbons (Fsp3) is 0.176. The van der Waals surface area contributed by atoms with Gasteiger partial charge in [-0.15, -0.1) is 5.10 Å². The van der Waals surface area contributed by atoms with Gasteiger partial charge in [-0.3, -0.25) is 0 Å². The molecule has 22 heavy (non-hydrogen) atoms. The number of rotatable bonds is 4. The lowest BCUT2D eigenvalue weighted by Crippen LogP contribution is -2.05. The summed E-state index contributed by atoms with van der Waals surface area (Å²) in [5.41, 5.74) is 11.0. The average Bonchev–Trinajstić information content (AvgIpc) is 2.93. The van der Waals surface area contributed by atoms with Crippen molar-refractivity contribution in [3.05, 3.63) is 70.4 Å². The van der Waals surface area contributed by atoms with Crippen LogP contribution in [0.4, 0.5) is 0 Å². The van der Waals surface area contributed by atoms with Gasteiger partial charge in [0.1, 0.15) is 5.69 Å². The van der Waals surface area contributed by atoms with E-state index in [-0.39, 0.29) is 0 Å². The van der Waals surface area contributed by atoms with Gasteiger partial charge in [0.2, 0.25) is 0 Å². The topological polar surface area (TPSA) is 56.7 Å². The molecule has 0 saturated heterocycles. The number of benzene rings is 2. The minimum absolute atomic E-state index is 0.365. The maximum Gasteiger partial charge on any atom is 0.104 e. The van der Waals surface area contributed by atoms with Gasteiger partial charge in [-0.2, -0.15) is 0 Å². The quantitative estimate of drug-likeness (QED) is 0.803. The van der Waals surface area contributed by atoms with Crippen LogP contribution in [0.2, 0.25) is 5.02 Å². The molecule has 4 nitrogen and oxygen atoms in total. The second-order valence-electron chi connectivity index (χ2n) is 5.24. The summed E-state index contributed by atoms with van der Waals surface area (Å²) in [6.07, 6.45) is 0. The van der Waals surface area contributed by atoms with Gasteiger partial charge in [0.15, 0.2) is 0 Å². The molecule has 3 rings (SSSR count). The summed E-state index contributed by atoms with van der Waals surface area (Å²) >= 11 is 5.93. The number of nitrogens with two attached hydrogens (primary N) is 1. The molecule has 2 aromatic carbocycles. The molecule has 0 unspecified atom stereocenters. The highest BCUT2D eigenvalue weighted by molar-refractivity contribution is 6.30. The second kappa shape index (κ2) is 6.30. The van der Waals surface area contributed by atoms with E-state index < -0.39 is 0 Å². The van der Waals surface area contributed by atoms with Gasteiger partial charge in [-0.25, -0.2) is 4.68 Å². The maximum atomic E-state index is 5.93. The Hall–Kier alpha value is -2.17. The Kier molecular flexibility index (Phi) is 4.22. The summed E-state index contributed by atoms with van der Waals surface area (Å²) in [5.74, 6) is 0. The van der Waals surface area contributed by atoms with E-state index in [1.54, 1.807) is 0 Å². The largest absolute Gasteiger partial charge is 0.325 e. The zero-order valence-corrected chi connectivity index (χ0v) is 13.1. The van der Waals surface area contributed by atoms with E-state index in [0.717, 1.165) is 27.5 Å². The highest BCUT2D eigenvalue weighted by atomic mass is 35.5. The van der Waals surface area contributed by atoms with E-state index in [9.17, 15) is 0 Å². The van der Waals surface area contributed by atoms with Crippen LogP contribution in [0.15, 0.2) is 48.5 Å². The number of aryl methyl sites for hydroxylation is 1. The fourth-order valence-electron chi connectivity index (χ4n) is 2.39. The third-order valence-corrected chi connectivity index (χ3v) is 3.82. The molecule has 0 amide bonds. The van der Waals surface area contributed by atoms with Crippen molar-refractivity contribution in [2.24, 2.45) is 5.73 Å². The monoisotopic (exact) mass is 312 g/mol. The molecule has 0 aliphatic carbocycles. The Morgan fingerprint density at radius 2 is 1.73 bits per heavy atom. The Labute approximate surface area is 134 Å². The van der Waals surface area contributed by atoms with Crippen molar-refractivity contribution in [1.29, 1.82) is 0 Å². The van der Waals surface area contributed by atoms with E-state index in [0.29, 0.717) is 13.1 Å². The van der Waals surface area contributed by atoms with Crippen molar-refractivity contribution in [2.75, 3.05) is 0 Å². The smallest absolute Gasteiger partial charge is 0.104 e. The molecule has 0 saturated carbocycles. The van der Waals surface area contributed by atoms with Crippen LogP contribution >= 0.6 is 11.6 Å². The van der Waals surface area contributed by atoms with Gasteiger partial charge in [-0.1, -0.05) is 58.8 Å². The lowest BCUT2D eigenvalue weighted by atomic mass is 10.1. The van der Waals surface area contributed by atoms with Gasteiger partial charge in [0, 0.05) is 17.1 Å². The molecule has 0 spiro atoms. The van der Waals surface area contributed by atoms with Gasteiger partial charge in [-0.05, 0) is 24.6 Å². The fourth-order valence-corrected chi connectivity index (χ4v) is 2.51. The predicted octanol–water partition coefficient (Wildman–Crippen LogP) is 3.41. The van der Waals surface area contributed by atoms with E-state index in [1.807, 2.05) is 28.9 Å². The van der Waals surface area contributed by atoms with Crippen LogP contribution in [0.5, 0.6) is 0 Å². The minimum Gasteiger partial charge on any atom is -0.325 e. The molecule has 0 fully saturated rings. The van der Waals surface area contributed by atoms with E-state index in [2.05, 4.69) is 41.5 Å². The molecule has 1 heterocycles. The first-order chi connectivity index (χ1) is 10.7. The lowest BCUT2D eigenvalue weighted by molar-refractivity contribution is 0.655. The van der Waals surface area contributed by atoms with E-state index in [1.165, 1.54) is 5.56 Å². The lowest BCUT2D eigenvalue weighted by Gasteiger charge is -2.09. The highest BCUT2D eigenvalue weighted by Gasteiger charge is 2.14. The molecular weight excluding hydrogens is 296 g/mol. The third kappa shape index (κ3) is 3.03. The number of nitrogens with zero attached hydrogens (tertiary/aromatic N) is 3. The first kappa shape index (κ1) is 14.8. The summed E-state index contributed by atoms with van der Waals surface area (Å²) in [5, 5.41) is 9.19. The zero-order valence-electron chi connectivity index (χ0n) is 12.3. The molecule has 112 valence electrons. The molecule has 0 aliphatic heterocycles. The Morgan fingerprint density at radius 1 is 1.05 bits per heavy atom. The van der Waals surface area contributed by atoms with Gasteiger partial charge >= 0.3 is 0 Å². The van der Waals surface area contributed by atoms with Crippen molar-refractivity contribution >= 4 is 11.6 Å². The summed E-state index contributed by atoms with van der Waals surface area (Å²) in [7, 11) is 0. The molecule has 0 aliphatic rings. The molecule has 0 radical (unpaired) electrons. The van der Waals surface area contributed by atoms with Crippen LogP contribution in [-0.4, -0.2) is 15.0 Å². The Balaban J connectivity index is 1.99. The second-order valence-corrected chi connectivity index (χ2v) is 5.68. The van der Waals surface area contributed by atoms with Crippen LogP contribution in [0.1, 0.15) is 16.8 Å². The van der Waals surface area contributed by atoms with Gasteiger partial charge in [0.25, 0.3) is 0 Å². The number of hydrogen-bond donors (Lipinski definition) is 1. The van der Waals surface area contributed by atoms with Crippen LogP contribution in [0, 0.1) is 6.92 Å². The number of hydrogen-bond acceptors (Lipinski definition) is 3. The van der Waals surface area contributed by atoms with Crippen molar-refractivity contribution in [1.82, 2.24) is 15.0 Å².